The van der Waals surface area contributed by atoms with E-state index in [1.54, 1.807) is 0 Å². The van der Waals surface area contributed by atoms with Gasteiger partial charge in [0.05, 0.1) is 11.1 Å². The van der Waals surface area contributed by atoms with E-state index in [1.165, 1.54) is 0 Å². The third-order valence-corrected chi connectivity index (χ3v) is 5.55. The highest BCUT2D eigenvalue weighted by Crippen LogP contribution is 2.39. The van der Waals surface area contributed by atoms with Crippen LogP contribution in [-0.4, -0.2) is 49.1 Å². The molecule has 1 fully saturated rings. The summed E-state index contributed by atoms with van der Waals surface area (Å²) in [7, 11) is 0. The fourth-order valence-electron chi connectivity index (χ4n) is 4.15. The molecule has 0 saturated carbocycles. The van der Waals surface area contributed by atoms with Crippen molar-refractivity contribution in [1.82, 2.24) is 35.3 Å². The molecule has 0 radical (unpaired) electrons. The van der Waals surface area contributed by atoms with E-state index in [0.29, 0.717) is 11.0 Å². The molecule has 154 valence electrons. The van der Waals surface area contributed by atoms with Crippen LogP contribution in [0.5, 0.6) is 0 Å². The Morgan fingerprint density at radius 3 is 2.86 bits per heavy atom. The first-order chi connectivity index (χ1) is 14.0. The Bertz CT molecular complexity index is 1030. The molecule has 2 aliphatic rings. The van der Waals surface area contributed by atoms with Crippen molar-refractivity contribution in [2.24, 2.45) is 0 Å². The van der Waals surface area contributed by atoms with Gasteiger partial charge in [-0.05, 0) is 38.6 Å². The highest BCUT2D eigenvalue weighted by Gasteiger charge is 2.37. The molecule has 0 spiro atoms. The molecule has 29 heavy (non-hydrogen) atoms. The Hall–Kier alpha value is -2.69. The van der Waals surface area contributed by atoms with Gasteiger partial charge < -0.3 is 10.6 Å². The molecule has 0 amide bonds. The molecule has 0 bridgehead atoms. The summed E-state index contributed by atoms with van der Waals surface area (Å²) in [5.41, 5.74) is 0.477. The third-order valence-electron chi connectivity index (χ3n) is 5.55. The van der Waals surface area contributed by atoms with Crippen LogP contribution in [-0.2, 0) is 19.1 Å². The molecular weight excluding hydrogens is 385 g/mol. The Morgan fingerprint density at radius 1 is 1.17 bits per heavy atom. The van der Waals surface area contributed by atoms with Crippen molar-refractivity contribution in [1.29, 1.82) is 0 Å². The lowest BCUT2D eigenvalue weighted by molar-refractivity contribution is -0.137. The van der Waals surface area contributed by atoms with Crippen LogP contribution < -0.4 is 10.6 Å². The largest absolute Gasteiger partial charge is 0.420 e. The lowest BCUT2D eigenvalue weighted by atomic mass is 10.0. The van der Waals surface area contributed by atoms with Crippen LogP contribution in [0.1, 0.15) is 36.9 Å². The summed E-state index contributed by atoms with van der Waals surface area (Å²) in [4.78, 5) is 8.20. The van der Waals surface area contributed by atoms with Crippen LogP contribution in [0.25, 0.3) is 22.4 Å². The van der Waals surface area contributed by atoms with E-state index >= 15 is 0 Å². The van der Waals surface area contributed by atoms with Gasteiger partial charge in [-0.25, -0.2) is 9.97 Å². The van der Waals surface area contributed by atoms with Crippen molar-refractivity contribution in [2.45, 2.75) is 50.9 Å². The predicted molar refractivity (Wildman–Crippen MR) is 100 cm³/mol. The molecule has 5 heterocycles. The van der Waals surface area contributed by atoms with Crippen LogP contribution in [0.15, 0.2) is 6.20 Å². The molecule has 5 rings (SSSR count). The van der Waals surface area contributed by atoms with E-state index in [2.05, 4.69) is 35.9 Å². The summed E-state index contributed by atoms with van der Waals surface area (Å²) in [5, 5.41) is 18.4. The molecule has 3 aromatic heterocycles. The van der Waals surface area contributed by atoms with Gasteiger partial charge in [-0.15, -0.1) is 0 Å². The highest BCUT2D eigenvalue weighted by atomic mass is 19.4. The van der Waals surface area contributed by atoms with Crippen molar-refractivity contribution in [3.8, 4) is 11.4 Å². The number of aryl methyl sites for hydroxylation is 2. The van der Waals surface area contributed by atoms with Crippen molar-refractivity contribution >= 4 is 17.0 Å². The van der Waals surface area contributed by atoms with Gasteiger partial charge in [-0.2, -0.15) is 23.4 Å². The Labute approximate surface area is 164 Å². The number of halogens is 3. The van der Waals surface area contributed by atoms with Crippen molar-refractivity contribution < 1.29 is 13.2 Å². The first-order valence-electron chi connectivity index (χ1n) is 9.86. The number of anilines is 1. The van der Waals surface area contributed by atoms with E-state index in [9.17, 15) is 13.2 Å². The first kappa shape index (κ1) is 18.3. The quantitative estimate of drug-likeness (QED) is 0.619. The zero-order valence-corrected chi connectivity index (χ0v) is 15.7. The Morgan fingerprint density at radius 2 is 2.07 bits per heavy atom. The number of piperidine rings is 1. The van der Waals surface area contributed by atoms with E-state index < -0.39 is 11.7 Å². The molecule has 3 N–H and O–H groups in total. The maximum atomic E-state index is 13.7. The molecule has 11 heteroatoms. The normalized spacial score (nSPS) is 20.0. The number of hydrogen-bond donors (Lipinski definition) is 3. The number of alkyl halides is 3. The molecule has 0 aromatic carbocycles. The molecule has 0 unspecified atom stereocenters. The Kier molecular flexibility index (Phi) is 4.41. The standard InChI is InChI=1S/C18H21F3N8/c19-18(20,21)11-9-23-17(24-10-4-3-6-22-8-10)25-14(11)15-13-12-5-1-2-7-29(12)28-16(13)27-26-15/h9-10,22H,1-8H2,(H,27,28)(H,23,24,25)/t10-/m0/s1. The SMILES string of the molecule is FC(F)(F)c1cnc(N[C@H]2CCCNC2)nc1-c1n[nH]c2nn3c(c12)CCCC3. The summed E-state index contributed by atoms with van der Waals surface area (Å²) in [5.74, 6) is 0.180. The van der Waals surface area contributed by atoms with Gasteiger partial charge in [0.25, 0.3) is 0 Å². The molecule has 1 atom stereocenters. The summed E-state index contributed by atoms with van der Waals surface area (Å²) in [6.07, 6.45) is 0.905. The van der Waals surface area contributed by atoms with Gasteiger partial charge in [-0.1, -0.05) is 0 Å². The number of aromatic nitrogens is 6. The molecule has 8 nitrogen and oxygen atoms in total. The van der Waals surface area contributed by atoms with Crippen LogP contribution in [0.4, 0.5) is 19.1 Å². The zero-order chi connectivity index (χ0) is 20.0. The number of fused-ring (bicyclic) bond motifs is 3. The smallest absolute Gasteiger partial charge is 0.350 e. The maximum absolute atomic E-state index is 13.7. The second-order valence-electron chi connectivity index (χ2n) is 7.56. The van der Waals surface area contributed by atoms with E-state index in [0.717, 1.165) is 63.6 Å². The molecule has 3 aromatic rings. The molecule has 0 aliphatic carbocycles. The molecule has 1 saturated heterocycles. The Balaban J connectivity index is 1.61. The topological polar surface area (TPSA) is 96.3 Å². The van der Waals surface area contributed by atoms with Gasteiger partial charge in [0, 0.05) is 25.3 Å². The lowest BCUT2D eigenvalue weighted by Crippen LogP contribution is -2.38. The summed E-state index contributed by atoms with van der Waals surface area (Å²) in [6.45, 7) is 2.42. The second kappa shape index (κ2) is 6.97. The zero-order valence-electron chi connectivity index (χ0n) is 15.7. The number of aromatic amines is 1. The van der Waals surface area contributed by atoms with E-state index in [-0.39, 0.29) is 23.4 Å². The number of hydrogen-bond acceptors (Lipinski definition) is 6. The number of nitrogens with one attached hydrogen (secondary N) is 3. The van der Waals surface area contributed by atoms with E-state index in [1.807, 2.05) is 4.68 Å². The minimum Gasteiger partial charge on any atom is -0.350 e. The number of H-pyrrole nitrogens is 1. The molecular formula is C18H21F3N8. The van der Waals surface area contributed by atoms with Crippen LogP contribution in [0.2, 0.25) is 0 Å². The van der Waals surface area contributed by atoms with Crippen molar-refractivity contribution in [3.05, 3.63) is 17.5 Å². The fraction of sp³-hybridized carbons (Fsp3) is 0.556. The summed E-state index contributed by atoms with van der Waals surface area (Å²) >= 11 is 0. The summed E-state index contributed by atoms with van der Waals surface area (Å²) in [6, 6.07) is 0.0800. The number of rotatable bonds is 3. The maximum Gasteiger partial charge on any atom is 0.420 e. The monoisotopic (exact) mass is 406 g/mol. The fourth-order valence-corrected chi connectivity index (χ4v) is 4.15. The molecule has 2 aliphatic heterocycles. The van der Waals surface area contributed by atoms with Crippen molar-refractivity contribution in [3.63, 3.8) is 0 Å². The number of nitrogens with zero attached hydrogens (tertiary/aromatic N) is 5. The lowest BCUT2D eigenvalue weighted by Gasteiger charge is -2.24. The minimum atomic E-state index is -4.58. The third kappa shape index (κ3) is 3.33. The first-order valence-corrected chi connectivity index (χ1v) is 9.86. The van der Waals surface area contributed by atoms with Gasteiger partial charge >= 0.3 is 6.18 Å². The summed E-state index contributed by atoms with van der Waals surface area (Å²) < 4.78 is 43.0. The average molecular weight is 406 g/mol. The van der Waals surface area contributed by atoms with Gasteiger partial charge in [0.15, 0.2) is 5.65 Å². The highest BCUT2D eigenvalue weighted by molar-refractivity contribution is 5.93. The van der Waals surface area contributed by atoms with Crippen LogP contribution in [0.3, 0.4) is 0 Å². The average Bonchev–Trinajstić information content (AvgIpc) is 3.27. The van der Waals surface area contributed by atoms with Crippen LogP contribution in [0, 0.1) is 0 Å². The van der Waals surface area contributed by atoms with Gasteiger partial charge in [0.2, 0.25) is 5.95 Å². The van der Waals surface area contributed by atoms with Gasteiger partial charge in [0.1, 0.15) is 17.0 Å². The van der Waals surface area contributed by atoms with Gasteiger partial charge in [-0.3, -0.25) is 9.78 Å². The van der Waals surface area contributed by atoms with Crippen molar-refractivity contribution in [2.75, 3.05) is 18.4 Å². The van der Waals surface area contributed by atoms with Crippen LogP contribution >= 0.6 is 0 Å². The van der Waals surface area contributed by atoms with E-state index in [4.69, 9.17) is 0 Å². The minimum absolute atomic E-state index is 0.0800. The second-order valence-corrected chi connectivity index (χ2v) is 7.56. The predicted octanol–water partition coefficient (Wildman–Crippen LogP) is 2.74.